The molecule has 2 aromatic carbocycles. The normalized spacial score (nSPS) is 25.7. The second-order valence-corrected chi connectivity index (χ2v) is 5.59. The summed E-state index contributed by atoms with van der Waals surface area (Å²) in [5, 5.41) is 24.5. The molecule has 0 spiro atoms. The van der Waals surface area contributed by atoms with Gasteiger partial charge in [-0.05, 0) is 31.2 Å². The Morgan fingerprint density at radius 1 is 1.14 bits per heavy atom. The average molecular weight is 300 g/mol. The van der Waals surface area contributed by atoms with E-state index in [1.54, 1.807) is 38.1 Å². The van der Waals surface area contributed by atoms with Crippen molar-refractivity contribution in [1.82, 2.24) is 5.06 Å². The standard InChI is InChI=1S/C17H17FN2O2/c1-12-16(13-8-10-15(18)11-9-13)20(22)17(2,19(12)21)14-6-4-3-5-7-14/h3-12,21H,1-2H3/t12-,17+/m1/s1. The molecule has 2 aromatic rings. The molecule has 0 amide bonds. The molecule has 0 bridgehead atoms. The first-order chi connectivity index (χ1) is 10.5. The molecule has 0 saturated carbocycles. The van der Waals surface area contributed by atoms with Gasteiger partial charge in [0, 0.05) is 18.1 Å². The zero-order valence-corrected chi connectivity index (χ0v) is 12.4. The lowest BCUT2D eigenvalue weighted by Crippen LogP contribution is -2.45. The molecule has 22 heavy (non-hydrogen) atoms. The fraction of sp³-hybridized carbons (Fsp3) is 0.235. The first-order valence-electron chi connectivity index (χ1n) is 7.10. The topological polar surface area (TPSA) is 49.5 Å². The third-order valence-corrected chi connectivity index (χ3v) is 4.28. The number of hydrogen-bond donors (Lipinski definition) is 1. The number of hydrogen-bond acceptors (Lipinski definition) is 3. The van der Waals surface area contributed by atoms with E-state index in [1.807, 2.05) is 18.2 Å². The van der Waals surface area contributed by atoms with E-state index in [9.17, 15) is 14.8 Å². The number of nitrogens with zero attached hydrogens (tertiary/aromatic N) is 2. The molecular weight excluding hydrogens is 283 g/mol. The number of hydroxylamine groups is 3. The van der Waals surface area contributed by atoms with Gasteiger partial charge in [-0.1, -0.05) is 30.3 Å². The van der Waals surface area contributed by atoms with Crippen LogP contribution in [0.1, 0.15) is 25.0 Å². The van der Waals surface area contributed by atoms with Crippen LogP contribution in [0.4, 0.5) is 4.39 Å². The Morgan fingerprint density at radius 3 is 2.32 bits per heavy atom. The summed E-state index contributed by atoms with van der Waals surface area (Å²) >= 11 is 0. The third kappa shape index (κ3) is 2.01. The van der Waals surface area contributed by atoms with E-state index in [2.05, 4.69) is 0 Å². The van der Waals surface area contributed by atoms with Crippen molar-refractivity contribution >= 4 is 5.71 Å². The molecule has 5 heteroatoms. The van der Waals surface area contributed by atoms with Crippen LogP contribution in [0.25, 0.3) is 0 Å². The highest BCUT2D eigenvalue weighted by Gasteiger charge is 2.54. The summed E-state index contributed by atoms with van der Waals surface area (Å²) in [5.74, 6) is -0.362. The monoisotopic (exact) mass is 300 g/mol. The predicted molar refractivity (Wildman–Crippen MR) is 81.0 cm³/mol. The van der Waals surface area contributed by atoms with Crippen molar-refractivity contribution in [2.75, 3.05) is 0 Å². The first-order valence-corrected chi connectivity index (χ1v) is 7.10. The predicted octanol–water partition coefficient (Wildman–Crippen LogP) is 3.09. The Kier molecular flexibility index (Phi) is 3.47. The van der Waals surface area contributed by atoms with Crippen molar-refractivity contribution in [1.29, 1.82) is 0 Å². The average Bonchev–Trinajstić information content (AvgIpc) is 2.71. The van der Waals surface area contributed by atoms with E-state index in [4.69, 9.17) is 0 Å². The summed E-state index contributed by atoms with van der Waals surface area (Å²) in [5.41, 5.74) is 0.484. The Labute approximate surface area is 128 Å². The fourth-order valence-electron chi connectivity index (χ4n) is 2.97. The Hall–Kier alpha value is -2.24. The van der Waals surface area contributed by atoms with Gasteiger partial charge in [-0.15, -0.1) is 5.06 Å². The summed E-state index contributed by atoms with van der Waals surface area (Å²) in [6.45, 7) is 3.42. The maximum Gasteiger partial charge on any atom is 0.274 e. The largest absolute Gasteiger partial charge is 0.622 e. The summed E-state index contributed by atoms with van der Waals surface area (Å²) in [4.78, 5) is 0. The van der Waals surface area contributed by atoms with Crippen molar-refractivity contribution in [2.45, 2.75) is 25.6 Å². The lowest BCUT2D eigenvalue weighted by Gasteiger charge is -2.29. The summed E-state index contributed by atoms with van der Waals surface area (Å²) in [6, 6.07) is 14.3. The Balaban J connectivity index is 2.16. The van der Waals surface area contributed by atoms with Crippen LogP contribution in [0.5, 0.6) is 0 Å². The highest BCUT2D eigenvalue weighted by molar-refractivity contribution is 6.01. The van der Waals surface area contributed by atoms with E-state index in [0.29, 0.717) is 16.8 Å². The SMILES string of the molecule is C[C@@H]1C(c2ccc(F)cc2)=[N+]([O-])[C@@](C)(c2ccccc2)N1O. The van der Waals surface area contributed by atoms with Crippen LogP contribution >= 0.6 is 0 Å². The van der Waals surface area contributed by atoms with Crippen LogP contribution in [-0.2, 0) is 5.66 Å². The highest BCUT2D eigenvalue weighted by Crippen LogP contribution is 2.36. The van der Waals surface area contributed by atoms with Gasteiger partial charge in [0.1, 0.15) is 11.9 Å². The maximum absolute atomic E-state index is 13.1. The molecule has 0 fully saturated rings. The van der Waals surface area contributed by atoms with Crippen LogP contribution in [0.2, 0.25) is 0 Å². The van der Waals surface area contributed by atoms with Crippen molar-refractivity contribution in [3.8, 4) is 0 Å². The summed E-state index contributed by atoms with van der Waals surface area (Å²) in [7, 11) is 0. The van der Waals surface area contributed by atoms with Gasteiger partial charge in [-0.2, -0.15) is 4.74 Å². The molecule has 114 valence electrons. The minimum absolute atomic E-state index is 0.362. The number of benzene rings is 2. The van der Waals surface area contributed by atoms with Gasteiger partial charge in [-0.3, -0.25) is 0 Å². The minimum atomic E-state index is -1.22. The lowest BCUT2D eigenvalue weighted by atomic mass is 10.0. The van der Waals surface area contributed by atoms with E-state index >= 15 is 0 Å². The molecular formula is C17H17FN2O2. The molecule has 1 aliphatic rings. The molecule has 0 saturated heterocycles. The number of rotatable bonds is 2. The molecule has 0 unspecified atom stereocenters. The molecule has 0 aliphatic carbocycles. The maximum atomic E-state index is 13.1. The molecule has 1 aliphatic heterocycles. The second-order valence-electron chi connectivity index (χ2n) is 5.59. The van der Waals surface area contributed by atoms with E-state index < -0.39 is 11.7 Å². The highest BCUT2D eigenvalue weighted by atomic mass is 19.1. The summed E-state index contributed by atoms with van der Waals surface area (Å²) < 4.78 is 13.9. The Bertz CT molecular complexity index is 715. The van der Waals surface area contributed by atoms with Crippen LogP contribution < -0.4 is 0 Å². The van der Waals surface area contributed by atoms with E-state index in [-0.39, 0.29) is 5.82 Å². The molecule has 4 nitrogen and oxygen atoms in total. The van der Waals surface area contributed by atoms with E-state index in [0.717, 1.165) is 9.80 Å². The van der Waals surface area contributed by atoms with Gasteiger partial charge in [0.15, 0.2) is 0 Å². The van der Waals surface area contributed by atoms with Crippen molar-refractivity contribution < 1.29 is 14.3 Å². The third-order valence-electron chi connectivity index (χ3n) is 4.28. The minimum Gasteiger partial charge on any atom is -0.622 e. The van der Waals surface area contributed by atoms with Gasteiger partial charge in [0.25, 0.3) is 5.66 Å². The van der Waals surface area contributed by atoms with Gasteiger partial charge < -0.3 is 10.4 Å². The molecule has 1 heterocycles. The second kappa shape index (κ2) is 5.19. The van der Waals surface area contributed by atoms with Gasteiger partial charge in [0.2, 0.25) is 5.71 Å². The zero-order valence-electron chi connectivity index (χ0n) is 12.4. The first kappa shape index (κ1) is 14.7. The molecule has 0 radical (unpaired) electrons. The number of halogens is 1. The van der Waals surface area contributed by atoms with Crippen molar-refractivity contribution in [3.05, 3.63) is 76.7 Å². The van der Waals surface area contributed by atoms with E-state index in [1.165, 1.54) is 12.1 Å². The smallest absolute Gasteiger partial charge is 0.274 e. The quantitative estimate of drug-likeness (QED) is 0.685. The molecule has 0 aromatic heterocycles. The van der Waals surface area contributed by atoms with Gasteiger partial charge >= 0.3 is 0 Å². The van der Waals surface area contributed by atoms with Crippen molar-refractivity contribution in [2.24, 2.45) is 0 Å². The van der Waals surface area contributed by atoms with Gasteiger partial charge in [0.05, 0.1) is 0 Å². The Morgan fingerprint density at radius 2 is 1.73 bits per heavy atom. The summed E-state index contributed by atoms with van der Waals surface area (Å²) in [6.07, 6.45) is 0. The van der Waals surface area contributed by atoms with Crippen LogP contribution in [-0.4, -0.2) is 26.8 Å². The van der Waals surface area contributed by atoms with Gasteiger partial charge in [-0.25, -0.2) is 4.39 Å². The molecule has 1 N–H and O–H groups in total. The zero-order chi connectivity index (χ0) is 15.9. The molecule has 3 rings (SSSR count). The fourth-order valence-corrected chi connectivity index (χ4v) is 2.97. The lowest BCUT2D eigenvalue weighted by molar-refractivity contribution is -0.595. The molecule has 2 atom stereocenters. The van der Waals surface area contributed by atoms with Crippen LogP contribution in [0, 0.1) is 11.0 Å². The van der Waals surface area contributed by atoms with Crippen molar-refractivity contribution in [3.63, 3.8) is 0 Å². The van der Waals surface area contributed by atoms with Crippen LogP contribution in [0.15, 0.2) is 54.6 Å². The van der Waals surface area contributed by atoms with Crippen LogP contribution in [0.3, 0.4) is 0 Å².